The molecule has 0 heterocycles. The molecule has 1 aliphatic rings. The van der Waals surface area contributed by atoms with E-state index in [0.717, 1.165) is 18.5 Å². The maximum atomic E-state index is 12.4. The van der Waals surface area contributed by atoms with E-state index in [-0.39, 0.29) is 23.7 Å². The Morgan fingerprint density at radius 2 is 1.96 bits per heavy atom. The van der Waals surface area contributed by atoms with Gasteiger partial charge in [0.05, 0.1) is 13.7 Å². The molecule has 0 spiro atoms. The van der Waals surface area contributed by atoms with Crippen LogP contribution < -0.4 is 20.5 Å². The van der Waals surface area contributed by atoms with Crippen LogP contribution in [0, 0.1) is 5.41 Å². The Morgan fingerprint density at radius 3 is 2.54 bits per heavy atom. The van der Waals surface area contributed by atoms with Gasteiger partial charge < -0.3 is 20.5 Å². The Morgan fingerprint density at radius 1 is 1.25 bits per heavy atom. The summed E-state index contributed by atoms with van der Waals surface area (Å²) in [5, 5.41) is 2.96. The molecule has 5 nitrogen and oxygen atoms in total. The van der Waals surface area contributed by atoms with Gasteiger partial charge in [0.15, 0.2) is 11.5 Å². The number of hydrogen-bond donors (Lipinski definition) is 2. The molecule has 2 rings (SSSR count). The van der Waals surface area contributed by atoms with Crippen molar-refractivity contribution < 1.29 is 14.3 Å². The number of hydrogen-bond acceptors (Lipinski definition) is 4. The standard InChI is InChI=1S/C18H28N2O3.ClH/c1-3-23-15-8-7-14(11-16(15)22-2)20-17(21)12-18(13-19)9-5-4-6-10-18;/h7-8,11H,3-6,9-10,12-13,19H2,1-2H3,(H,20,21);1H. The van der Waals surface area contributed by atoms with Gasteiger partial charge in [-0.2, -0.15) is 0 Å². The number of anilines is 1. The van der Waals surface area contributed by atoms with E-state index in [2.05, 4.69) is 5.32 Å². The molecule has 1 fully saturated rings. The lowest BCUT2D eigenvalue weighted by Crippen LogP contribution is -2.36. The van der Waals surface area contributed by atoms with Crippen LogP contribution in [0.25, 0.3) is 0 Å². The van der Waals surface area contributed by atoms with Crippen LogP contribution in [-0.2, 0) is 4.79 Å². The monoisotopic (exact) mass is 356 g/mol. The molecule has 1 aliphatic carbocycles. The van der Waals surface area contributed by atoms with Crippen LogP contribution in [0.15, 0.2) is 18.2 Å². The molecular formula is C18H29ClN2O3. The molecule has 136 valence electrons. The molecular weight excluding hydrogens is 328 g/mol. The van der Waals surface area contributed by atoms with E-state index < -0.39 is 0 Å². The summed E-state index contributed by atoms with van der Waals surface area (Å²) >= 11 is 0. The Bertz CT molecular complexity index is 531. The first-order chi connectivity index (χ1) is 11.1. The molecule has 24 heavy (non-hydrogen) atoms. The average molecular weight is 357 g/mol. The fourth-order valence-electron chi connectivity index (χ4n) is 3.32. The minimum absolute atomic E-state index is 0. The van der Waals surface area contributed by atoms with E-state index in [1.54, 1.807) is 13.2 Å². The van der Waals surface area contributed by atoms with Crippen LogP contribution in [0.2, 0.25) is 0 Å². The summed E-state index contributed by atoms with van der Waals surface area (Å²) in [7, 11) is 1.59. The largest absolute Gasteiger partial charge is 0.493 e. The van der Waals surface area contributed by atoms with Gasteiger partial charge in [-0.1, -0.05) is 19.3 Å². The molecule has 1 aromatic carbocycles. The normalized spacial score (nSPS) is 16.0. The molecule has 6 heteroatoms. The first-order valence-electron chi connectivity index (χ1n) is 8.43. The van der Waals surface area contributed by atoms with Crippen molar-refractivity contribution >= 4 is 24.0 Å². The second kappa shape index (κ2) is 9.74. The van der Waals surface area contributed by atoms with Crippen molar-refractivity contribution in [3.05, 3.63) is 18.2 Å². The van der Waals surface area contributed by atoms with Crippen molar-refractivity contribution in [2.75, 3.05) is 25.6 Å². The molecule has 0 atom stereocenters. The first-order valence-corrected chi connectivity index (χ1v) is 8.43. The van der Waals surface area contributed by atoms with Gasteiger partial charge in [-0.3, -0.25) is 4.79 Å². The second-order valence-corrected chi connectivity index (χ2v) is 6.29. The van der Waals surface area contributed by atoms with Crippen LogP contribution in [0.5, 0.6) is 11.5 Å². The fraction of sp³-hybridized carbons (Fsp3) is 0.611. The predicted molar refractivity (Wildman–Crippen MR) is 99.2 cm³/mol. The van der Waals surface area contributed by atoms with Gasteiger partial charge in [-0.15, -0.1) is 12.4 Å². The van der Waals surface area contributed by atoms with Crippen molar-refractivity contribution in [1.82, 2.24) is 0 Å². The van der Waals surface area contributed by atoms with E-state index in [4.69, 9.17) is 15.2 Å². The number of nitrogens with two attached hydrogens (primary N) is 1. The number of amides is 1. The van der Waals surface area contributed by atoms with E-state index in [1.165, 1.54) is 19.3 Å². The van der Waals surface area contributed by atoms with Gasteiger partial charge in [0, 0.05) is 18.2 Å². The zero-order chi connectivity index (χ0) is 16.7. The molecule has 1 aromatic rings. The van der Waals surface area contributed by atoms with Crippen LogP contribution >= 0.6 is 12.4 Å². The third-order valence-electron chi connectivity index (χ3n) is 4.63. The summed E-state index contributed by atoms with van der Waals surface area (Å²) in [5.41, 5.74) is 6.65. The van der Waals surface area contributed by atoms with Gasteiger partial charge in [0.25, 0.3) is 0 Å². The summed E-state index contributed by atoms with van der Waals surface area (Å²) in [6.07, 6.45) is 6.16. The van der Waals surface area contributed by atoms with Gasteiger partial charge >= 0.3 is 0 Å². The van der Waals surface area contributed by atoms with E-state index in [0.29, 0.717) is 31.1 Å². The van der Waals surface area contributed by atoms with E-state index in [9.17, 15) is 4.79 Å². The van der Waals surface area contributed by atoms with Crippen LogP contribution in [-0.4, -0.2) is 26.2 Å². The summed E-state index contributed by atoms with van der Waals surface area (Å²) in [6.45, 7) is 3.07. The lowest BCUT2D eigenvalue weighted by atomic mass is 9.71. The maximum Gasteiger partial charge on any atom is 0.224 e. The molecule has 1 saturated carbocycles. The van der Waals surface area contributed by atoms with Crippen molar-refractivity contribution in [3.63, 3.8) is 0 Å². The molecule has 1 amide bonds. The maximum absolute atomic E-state index is 12.4. The number of carbonyl (C=O) groups is 1. The predicted octanol–water partition coefficient (Wildman–Crippen LogP) is 3.75. The third kappa shape index (κ3) is 5.28. The lowest BCUT2D eigenvalue weighted by Gasteiger charge is -2.35. The molecule has 0 bridgehead atoms. The smallest absolute Gasteiger partial charge is 0.224 e. The molecule has 3 N–H and O–H groups in total. The Hall–Kier alpha value is -1.46. The summed E-state index contributed by atoms with van der Waals surface area (Å²) in [4.78, 5) is 12.4. The van der Waals surface area contributed by atoms with Crippen molar-refractivity contribution in [1.29, 1.82) is 0 Å². The van der Waals surface area contributed by atoms with Gasteiger partial charge in [0.2, 0.25) is 5.91 Å². The summed E-state index contributed by atoms with van der Waals surface area (Å²) < 4.78 is 10.8. The second-order valence-electron chi connectivity index (χ2n) is 6.29. The molecule has 0 aromatic heterocycles. The highest BCUT2D eigenvalue weighted by molar-refractivity contribution is 5.91. The minimum atomic E-state index is -0.0301. The number of benzene rings is 1. The van der Waals surface area contributed by atoms with E-state index in [1.807, 2.05) is 19.1 Å². The van der Waals surface area contributed by atoms with Gasteiger partial charge in [0.1, 0.15) is 0 Å². The summed E-state index contributed by atoms with van der Waals surface area (Å²) in [5.74, 6) is 1.32. The third-order valence-corrected chi connectivity index (χ3v) is 4.63. The number of nitrogens with one attached hydrogen (secondary N) is 1. The Kier molecular flexibility index (Phi) is 8.36. The quantitative estimate of drug-likeness (QED) is 0.780. The molecule has 0 aliphatic heterocycles. The van der Waals surface area contributed by atoms with Crippen molar-refractivity contribution in [2.24, 2.45) is 11.1 Å². The highest BCUT2D eigenvalue weighted by Gasteiger charge is 2.32. The van der Waals surface area contributed by atoms with Crippen LogP contribution in [0.1, 0.15) is 45.4 Å². The van der Waals surface area contributed by atoms with Crippen molar-refractivity contribution in [3.8, 4) is 11.5 Å². The molecule has 0 unspecified atom stereocenters. The average Bonchev–Trinajstić information content (AvgIpc) is 2.57. The molecule has 0 radical (unpaired) electrons. The highest BCUT2D eigenvalue weighted by atomic mass is 35.5. The SMILES string of the molecule is CCOc1ccc(NC(=O)CC2(CN)CCCCC2)cc1OC.Cl. The van der Waals surface area contributed by atoms with Crippen molar-refractivity contribution in [2.45, 2.75) is 45.4 Å². The van der Waals surface area contributed by atoms with Gasteiger partial charge in [-0.05, 0) is 43.9 Å². The number of rotatable bonds is 7. The lowest BCUT2D eigenvalue weighted by molar-refractivity contribution is -0.118. The topological polar surface area (TPSA) is 73.6 Å². The Balaban J connectivity index is 0.00000288. The zero-order valence-corrected chi connectivity index (χ0v) is 15.4. The highest BCUT2D eigenvalue weighted by Crippen LogP contribution is 2.38. The molecule has 0 saturated heterocycles. The number of halogens is 1. The van der Waals surface area contributed by atoms with E-state index >= 15 is 0 Å². The number of methoxy groups -OCH3 is 1. The van der Waals surface area contributed by atoms with Crippen LogP contribution in [0.4, 0.5) is 5.69 Å². The first kappa shape index (κ1) is 20.6. The van der Waals surface area contributed by atoms with Gasteiger partial charge in [-0.25, -0.2) is 0 Å². The minimum Gasteiger partial charge on any atom is -0.493 e. The number of ether oxygens (including phenoxy) is 2. The Labute approximate surface area is 150 Å². The number of carbonyl (C=O) groups excluding carboxylic acids is 1. The zero-order valence-electron chi connectivity index (χ0n) is 14.6. The van der Waals surface area contributed by atoms with Crippen LogP contribution in [0.3, 0.4) is 0 Å². The fourth-order valence-corrected chi connectivity index (χ4v) is 3.32. The summed E-state index contributed by atoms with van der Waals surface area (Å²) in [6, 6.07) is 5.44.